The van der Waals surface area contributed by atoms with Crippen LogP contribution in [0, 0.1) is 18.8 Å². The van der Waals surface area contributed by atoms with Crippen LogP contribution >= 0.6 is 0 Å². The summed E-state index contributed by atoms with van der Waals surface area (Å²) in [5.41, 5.74) is 2.57. The number of anilines is 1. The third-order valence-corrected chi connectivity index (χ3v) is 3.18. The molecule has 1 aliphatic rings. The first-order chi connectivity index (χ1) is 9.20. The Labute approximate surface area is 113 Å². The van der Waals surface area contributed by atoms with E-state index in [0.29, 0.717) is 0 Å². The number of hydrogen-bond acceptors (Lipinski definition) is 2. The van der Waals surface area contributed by atoms with Gasteiger partial charge in [0.15, 0.2) is 0 Å². The van der Waals surface area contributed by atoms with Crippen molar-refractivity contribution in [3.05, 3.63) is 29.3 Å². The van der Waals surface area contributed by atoms with Crippen LogP contribution in [0.1, 0.15) is 24.0 Å². The van der Waals surface area contributed by atoms with Crippen molar-refractivity contribution in [2.75, 3.05) is 25.0 Å². The van der Waals surface area contributed by atoms with Gasteiger partial charge in [-0.05, 0) is 37.5 Å². The van der Waals surface area contributed by atoms with Crippen LogP contribution in [0.4, 0.5) is 10.5 Å². The van der Waals surface area contributed by atoms with E-state index in [4.69, 9.17) is 5.11 Å². The van der Waals surface area contributed by atoms with Gasteiger partial charge in [-0.25, -0.2) is 4.79 Å². The van der Waals surface area contributed by atoms with E-state index in [0.717, 1.165) is 42.7 Å². The smallest absolute Gasteiger partial charge is 0.321 e. The minimum Gasteiger partial charge on any atom is -0.384 e. The molecule has 0 radical (unpaired) electrons. The molecule has 0 aromatic heterocycles. The fourth-order valence-electron chi connectivity index (χ4n) is 2.09. The normalized spacial score (nSPS) is 13.9. The van der Waals surface area contributed by atoms with Crippen molar-refractivity contribution in [3.8, 4) is 11.8 Å². The van der Waals surface area contributed by atoms with E-state index in [1.807, 2.05) is 30.0 Å². The fourth-order valence-corrected chi connectivity index (χ4v) is 2.09. The molecular weight excluding hydrogens is 240 g/mol. The highest BCUT2D eigenvalue weighted by Crippen LogP contribution is 2.18. The van der Waals surface area contributed by atoms with Crippen LogP contribution in [0.2, 0.25) is 0 Å². The molecule has 0 unspecified atom stereocenters. The molecule has 1 aromatic carbocycles. The van der Waals surface area contributed by atoms with Gasteiger partial charge in [0, 0.05) is 24.3 Å². The highest BCUT2D eigenvalue weighted by Gasteiger charge is 2.18. The van der Waals surface area contributed by atoms with Crippen LogP contribution in [0.5, 0.6) is 0 Å². The van der Waals surface area contributed by atoms with Crippen LogP contribution in [0.25, 0.3) is 0 Å². The lowest BCUT2D eigenvalue weighted by Gasteiger charge is -2.17. The van der Waals surface area contributed by atoms with Gasteiger partial charge in [0.25, 0.3) is 0 Å². The number of benzene rings is 1. The second-order valence-corrected chi connectivity index (χ2v) is 4.61. The number of carbonyl (C=O) groups is 1. The summed E-state index contributed by atoms with van der Waals surface area (Å²) in [6.45, 7) is 3.44. The number of aliphatic hydroxyl groups is 1. The van der Waals surface area contributed by atoms with Gasteiger partial charge in [-0.15, -0.1) is 0 Å². The number of nitrogens with zero attached hydrogens (tertiary/aromatic N) is 1. The number of carbonyl (C=O) groups excluding carboxylic acids is 1. The maximum absolute atomic E-state index is 12.0. The Morgan fingerprint density at radius 2 is 2.16 bits per heavy atom. The van der Waals surface area contributed by atoms with Crippen molar-refractivity contribution in [1.82, 2.24) is 4.90 Å². The third-order valence-electron chi connectivity index (χ3n) is 3.18. The summed E-state index contributed by atoms with van der Waals surface area (Å²) in [5.74, 6) is 5.44. The van der Waals surface area contributed by atoms with E-state index in [9.17, 15) is 4.79 Å². The van der Waals surface area contributed by atoms with E-state index < -0.39 is 0 Å². The zero-order chi connectivity index (χ0) is 13.7. The molecule has 1 fully saturated rings. The van der Waals surface area contributed by atoms with Gasteiger partial charge in [0.1, 0.15) is 6.61 Å². The van der Waals surface area contributed by atoms with Crippen molar-refractivity contribution < 1.29 is 9.90 Å². The molecule has 1 saturated heterocycles. The van der Waals surface area contributed by atoms with Crippen molar-refractivity contribution in [2.45, 2.75) is 19.8 Å². The van der Waals surface area contributed by atoms with Gasteiger partial charge >= 0.3 is 6.03 Å². The Morgan fingerprint density at radius 1 is 1.42 bits per heavy atom. The van der Waals surface area contributed by atoms with E-state index in [-0.39, 0.29) is 12.6 Å². The van der Waals surface area contributed by atoms with E-state index in [1.54, 1.807) is 0 Å². The van der Waals surface area contributed by atoms with Gasteiger partial charge in [-0.3, -0.25) is 0 Å². The Balaban J connectivity index is 2.12. The van der Waals surface area contributed by atoms with Gasteiger partial charge in [0.2, 0.25) is 0 Å². The fraction of sp³-hybridized carbons (Fsp3) is 0.400. The lowest BCUT2D eigenvalue weighted by atomic mass is 10.1. The summed E-state index contributed by atoms with van der Waals surface area (Å²) in [6.07, 6.45) is 2.16. The quantitative estimate of drug-likeness (QED) is 0.757. The number of hydrogen-bond donors (Lipinski definition) is 2. The van der Waals surface area contributed by atoms with Crippen LogP contribution in [0.15, 0.2) is 18.2 Å². The Morgan fingerprint density at radius 3 is 2.84 bits per heavy atom. The van der Waals surface area contributed by atoms with Gasteiger partial charge in [-0.1, -0.05) is 17.9 Å². The standard InChI is InChI=1S/C15H18N2O2/c1-12-6-7-13(5-4-10-18)11-14(12)16-15(19)17-8-2-3-9-17/h6-7,11,18H,2-3,8-10H2,1H3,(H,16,19). The molecule has 0 saturated carbocycles. The molecule has 2 N–H and O–H groups in total. The van der Waals surface area contributed by atoms with E-state index >= 15 is 0 Å². The number of nitrogens with one attached hydrogen (secondary N) is 1. The molecule has 100 valence electrons. The maximum Gasteiger partial charge on any atom is 0.321 e. The van der Waals surface area contributed by atoms with Crippen molar-refractivity contribution >= 4 is 11.7 Å². The predicted octanol–water partition coefficient (Wildman–Crippen LogP) is 1.97. The molecule has 0 aliphatic carbocycles. The summed E-state index contributed by atoms with van der Waals surface area (Å²) in [6, 6.07) is 5.59. The molecule has 0 bridgehead atoms. The second kappa shape index (κ2) is 6.26. The molecule has 1 heterocycles. The number of aryl methyl sites for hydroxylation is 1. The van der Waals surface area contributed by atoms with E-state index in [1.165, 1.54) is 0 Å². The maximum atomic E-state index is 12.0. The number of rotatable bonds is 1. The Kier molecular flexibility index (Phi) is 4.43. The minimum atomic E-state index is -0.163. The zero-order valence-corrected chi connectivity index (χ0v) is 11.1. The Hall–Kier alpha value is -1.99. The third kappa shape index (κ3) is 3.49. The number of urea groups is 1. The van der Waals surface area contributed by atoms with Crippen LogP contribution in [-0.4, -0.2) is 35.7 Å². The van der Waals surface area contributed by atoms with Crippen molar-refractivity contribution in [2.24, 2.45) is 0 Å². The molecular formula is C15H18N2O2. The highest BCUT2D eigenvalue weighted by molar-refractivity contribution is 5.90. The first-order valence-electron chi connectivity index (χ1n) is 6.47. The average Bonchev–Trinajstić information content (AvgIpc) is 2.93. The van der Waals surface area contributed by atoms with Crippen molar-refractivity contribution in [1.29, 1.82) is 0 Å². The highest BCUT2D eigenvalue weighted by atomic mass is 16.2. The molecule has 4 nitrogen and oxygen atoms in total. The van der Waals surface area contributed by atoms with Crippen molar-refractivity contribution in [3.63, 3.8) is 0 Å². The summed E-state index contributed by atoms with van der Waals surface area (Å²) in [5, 5.41) is 11.6. The lowest BCUT2D eigenvalue weighted by molar-refractivity contribution is 0.222. The molecule has 2 rings (SSSR count). The summed E-state index contributed by atoms with van der Waals surface area (Å²) >= 11 is 0. The number of amides is 2. The summed E-state index contributed by atoms with van der Waals surface area (Å²) < 4.78 is 0. The van der Waals surface area contributed by atoms with Gasteiger partial charge in [0.05, 0.1) is 0 Å². The SMILES string of the molecule is Cc1ccc(C#CCO)cc1NC(=O)N1CCCC1. The summed E-state index contributed by atoms with van der Waals surface area (Å²) in [4.78, 5) is 13.9. The molecule has 1 aliphatic heterocycles. The largest absolute Gasteiger partial charge is 0.384 e. The van der Waals surface area contributed by atoms with E-state index in [2.05, 4.69) is 17.2 Å². The number of aliphatic hydroxyl groups excluding tert-OH is 1. The van der Waals surface area contributed by atoms with Crippen LogP contribution in [0.3, 0.4) is 0 Å². The number of likely N-dealkylation sites (tertiary alicyclic amines) is 1. The van der Waals surface area contributed by atoms with Gasteiger partial charge < -0.3 is 15.3 Å². The second-order valence-electron chi connectivity index (χ2n) is 4.61. The molecule has 2 amide bonds. The Bertz CT molecular complexity index is 523. The monoisotopic (exact) mass is 258 g/mol. The molecule has 19 heavy (non-hydrogen) atoms. The van der Waals surface area contributed by atoms with Crippen LogP contribution < -0.4 is 5.32 Å². The zero-order valence-electron chi connectivity index (χ0n) is 11.1. The van der Waals surface area contributed by atoms with Gasteiger partial charge in [-0.2, -0.15) is 0 Å². The molecule has 0 spiro atoms. The topological polar surface area (TPSA) is 52.6 Å². The predicted molar refractivity (Wildman–Crippen MR) is 75.0 cm³/mol. The molecule has 1 aromatic rings. The average molecular weight is 258 g/mol. The lowest BCUT2D eigenvalue weighted by Crippen LogP contribution is -2.32. The summed E-state index contributed by atoms with van der Waals surface area (Å²) in [7, 11) is 0. The molecule has 0 atom stereocenters. The first kappa shape index (κ1) is 13.4. The first-order valence-corrected chi connectivity index (χ1v) is 6.47. The molecule has 4 heteroatoms. The van der Waals surface area contributed by atoms with Crippen LogP contribution in [-0.2, 0) is 0 Å². The minimum absolute atomic E-state index is 0.0483.